The van der Waals surface area contributed by atoms with Gasteiger partial charge in [0.2, 0.25) is 0 Å². The molecule has 46 heavy (non-hydrogen) atoms. The van der Waals surface area contributed by atoms with E-state index >= 15 is 0 Å². The van der Waals surface area contributed by atoms with Gasteiger partial charge in [-0.3, -0.25) is 4.79 Å². The maximum absolute atomic E-state index is 12.8. The van der Waals surface area contributed by atoms with Crippen LogP contribution in [-0.4, -0.2) is 98.6 Å². The summed E-state index contributed by atoms with van der Waals surface area (Å²) in [6.07, 6.45) is 3.84. The van der Waals surface area contributed by atoms with Crippen LogP contribution in [0.25, 0.3) is 11.8 Å². The van der Waals surface area contributed by atoms with Crippen LogP contribution in [0.3, 0.4) is 0 Å². The number of aromatic nitrogens is 1. The van der Waals surface area contributed by atoms with Crippen molar-refractivity contribution < 1.29 is 54.1 Å². The van der Waals surface area contributed by atoms with Gasteiger partial charge in [-0.05, 0) is 43.7 Å². The number of hydrogen-bond donors (Lipinski definition) is 6. The molecule has 1 spiro atoms. The summed E-state index contributed by atoms with van der Waals surface area (Å²) in [4.78, 5) is 28.1. The van der Waals surface area contributed by atoms with E-state index in [-0.39, 0.29) is 36.9 Å². The molecule has 0 aromatic carbocycles. The first kappa shape index (κ1) is 34.3. The van der Waals surface area contributed by atoms with Crippen molar-refractivity contribution in [1.82, 2.24) is 4.98 Å². The molecule has 1 saturated heterocycles. The van der Waals surface area contributed by atoms with Gasteiger partial charge in [-0.15, -0.1) is 0 Å². The zero-order valence-electron chi connectivity index (χ0n) is 26.8. The van der Waals surface area contributed by atoms with E-state index in [9.17, 15) is 35.1 Å². The molecule has 5 rings (SSSR count). The first-order chi connectivity index (χ1) is 21.9. The first-order valence-corrected chi connectivity index (χ1v) is 16.2. The Kier molecular flexibility index (Phi) is 10.2. The standard InChI is InChI=1S/C34H47NO11/c1-5-33(42)31(41)34(16-20-14-24(18(2)3)35-28(20)25(46-34)11-8-12-36)26(17-37)44-32(33)45-29-19-9-6-7-10-21(29)22(15-27(38)39)23(13-19)30(40)43-4/h7,10,13-14,16,18-19,21-22,26,29,31-32,35-37,41-42H,5-6,8-9,11-12,15,17H2,1-4H3,(H,38,39)/t19-,21+,22-,26+,29+,31+,32-,33+,34+/m0/s1. The van der Waals surface area contributed by atoms with Crippen LogP contribution in [0.1, 0.15) is 70.9 Å². The van der Waals surface area contributed by atoms with Crippen molar-refractivity contribution in [3.8, 4) is 0 Å². The van der Waals surface area contributed by atoms with Crippen molar-refractivity contribution in [3.05, 3.63) is 46.1 Å². The molecule has 2 aliphatic carbocycles. The van der Waals surface area contributed by atoms with Crippen molar-refractivity contribution in [2.45, 2.75) is 101 Å². The first-order valence-electron chi connectivity index (χ1n) is 16.2. The molecule has 0 radical (unpaired) electrons. The number of rotatable bonds is 11. The molecule has 6 N–H and O–H groups in total. The summed E-state index contributed by atoms with van der Waals surface area (Å²) >= 11 is 0. The third kappa shape index (κ3) is 5.95. The lowest BCUT2D eigenvalue weighted by atomic mass is 9.70. The molecule has 0 saturated carbocycles. The molecule has 3 heterocycles. The van der Waals surface area contributed by atoms with Gasteiger partial charge in [-0.1, -0.05) is 39.0 Å². The smallest absolute Gasteiger partial charge is 0.333 e. The number of carbonyl (C=O) groups excluding carboxylic acids is 1. The monoisotopic (exact) mass is 645 g/mol. The van der Waals surface area contributed by atoms with Crippen LogP contribution in [0, 0.1) is 17.8 Å². The van der Waals surface area contributed by atoms with Crippen LogP contribution < -0.4 is 10.6 Å². The quantitative estimate of drug-likeness (QED) is 0.149. The van der Waals surface area contributed by atoms with E-state index in [0.717, 1.165) is 10.9 Å². The average Bonchev–Trinajstić information content (AvgIpc) is 3.41. The Morgan fingerprint density at radius 3 is 2.63 bits per heavy atom. The van der Waals surface area contributed by atoms with E-state index in [0.29, 0.717) is 36.8 Å². The summed E-state index contributed by atoms with van der Waals surface area (Å²) in [5, 5.41) is 55.9. The van der Waals surface area contributed by atoms with Gasteiger partial charge in [0.25, 0.3) is 0 Å². The maximum atomic E-state index is 12.8. The number of esters is 1. The molecule has 9 atom stereocenters. The predicted octanol–water partition coefficient (Wildman–Crippen LogP) is 0.959. The lowest BCUT2D eigenvalue weighted by molar-refractivity contribution is -0.367. The highest BCUT2D eigenvalue weighted by Crippen LogP contribution is 2.48. The van der Waals surface area contributed by atoms with Gasteiger partial charge in [0, 0.05) is 47.3 Å². The molecule has 2 aliphatic heterocycles. The van der Waals surface area contributed by atoms with E-state index in [2.05, 4.69) is 4.98 Å². The molecule has 254 valence electrons. The lowest BCUT2D eigenvalue weighted by Gasteiger charge is -2.56. The molecule has 1 fully saturated rings. The van der Waals surface area contributed by atoms with Gasteiger partial charge in [0.05, 0.1) is 31.6 Å². The zero-order valence-corrected chi connectivity index (χ0v) is 26.8. The fourth-order valence-corrected chi connectivity index (χ4v) is 7.47. The second kappa shape index (κ2) is 13.6. The Balaban J connectivity index is 1.55. The number of aliphatic hydroxyl groups excluding tert-OH is 3. The Bertz CT molecular complexity index is 1480. The van der Waals surface area contributed by atoms with E-state index in [1.807, 2.05) is 32.1 Å². The molecule has 1 aromatic heterocycles. The number of carboxylic acid groups (broad SMARTS) is 1. The van der Waals surface area contributed by atoms with E-state index in [1.54, 1.807) is 19.1 Å². The Hall–Kier alpha value is -3.00. The van der Waals surface area contributed by atoms with E-state index in [4.69, 9.17) is 18.9 Å². The van der Waals surface area contributed by atoms with E-state index < -0.39 is 66.2 Å². The third-order valence-electron chi connectivity index (χ3n) is 10.0. The number of aliphatic carboxylic acids is 1. The fraction of sp³-hybridized carbons (Fsp3) is 0.647. The molecular formula is C34H47NO11. The molecule has 0 unspecified atom stereocenters. The number of aliphatic hydroxyl groups is 4. The van der Waals surface area contributed by atoms with Gasteiger partial charge in [-0.25, -0.2) is 4.79 Å². The Labute approximate surface area is 268 Å². The summed E-state index contributed by atoms with van der Waals surface area (Å²) in [6, 6.07) is 1.95. The van der Waals surface area contributed by atoms with Gasteiger partial charge in [0.1, 0.15) is 23.6 Å². The second-order valence-corrected chi connectivity index (χ2v) is 13.1. The average molecular weight is 646 g/mol. The molecule has 4 aliphatic rings. The minimum absolute atomic E-state index is 0.0150. The van der Waals surface area contributed by atoms with E-state index in [1.165, 1.54) is 7.11 Å². The maximum Gasteiger partial charge on any atom is 0.333 e. The predicted molar refractivity (Wildman–Crippen MR) is 165 cm³/mol. The van der Waals surface area contributed by atoms with Crippen LogP contribution in [-0.2, 0) is 28.5 Å². The van der Waals surface area contributed by atoms with Crippen LogP contribution >= 0.6 is 0 Å². The summed E-state index contributed by atoms with van der Waals surface area (Å²) < 4.78 is 24.5. The SMILES string of the molecule is CC[C@]1(O)[C@H](O[C@H]2[C@@H]3C=CCC[C@H]2C=C(C(=O)OC)[C@H]3CC(=O)O)O[C@H](CO)[C@]2(C=c3cc(C(C)C)[nH]c3=C(CCCO)O2)[C@@H]1O. The minimum atomic E-state index is -2.03. The number of carboxylic acids is 1. The molecule has 2 bridgehead atoms. The van der Waals surface area contributed by atoms with Crippen LogP contribution in [0.4, 0.5) is 0 Å². The number of hydrogen-bond acceptors (Lipinski definition) is 10. The highest BCUT2D eigenvalue weighted by Gasteiger charge is 2.65. The summed E-state index contributed by atoms with van der Waals surface area (Å²) in [7, 11) is 1.25. The Morgan fingerprint density at radius 1 is 1.24 bits per heavy atom. The summed E-state index contributed by atoms with van der Waals surface area (Å²) in [5.74, 6) is -2.74. The van der Waals surface area contributed by atoms with Crippen molar-refractivity contribution in [3.63, 3.8) is 0 Å². The number of methoxy groups -OCH3 is 1. The number of allylic oxidation sites excluding steroid dienone is 1. The largest absolute Gasteiger partial charge is 0.481 e. The topological polar surface area (TPSA) is 188 Å². The zero-order chi connectivity index (χ0) is 33.4. The molecular weight excluding hydrogens is 598 g/mol. The Morgan fingerprint density at radius 2 is 2.00 bits per heavy atom. The lowest BCUT2D eigenvalue weighted by Crippen LogP contribution is -2.74. The number of ether oxygens (including phenoxy) is 4. The van der Waals surface area contributed by atoms with Crippen molar-refractivity contribution in [2.24, 2.45) is 17.8 Å². The van der Waals surface area contributed by atoms with Crippen molar-refractivity contribution in [2.75, 3.05) is 20.3 Å². The normalized spacial score (nSPS) is 35.2. The highest BCUT2D eigenvalue weighted by atomic mass is 16.7. The molecule has 0 amide bonds. The van der Waals surface area contributed by atoms with Crippen molar-refractivity contribution in [1.29, 1.82) is 0 Å². The molecule has 1 aromatic rings. The van der Waals surface area contributed by atoms with Gasteiger partial charge >= 0.3 is 11.9 Å². The van der Waals surface area contributed by atoms with Crippen LogP contribution in [0.2, 0.25) is 0 Å². The van der Waals surface area contributed by atoms with Gasteiger partial charge < -0.3 is 49.5 Å². The van der Waals surface area contributed by atoms with Gasteiger partial charge in [0.15, 0.2) is 11.9 Å². The third-order valence-corrected chi connectivity index (χ3v) is 10.0. The molecule has 12 heteroatoms. The molecule has 12 nitrogen and oxygen atoms in total. The number of H-pyrrole nitrogens is 1. The summed E-state index contributed by atoms with van der Waals surface area (Å²) in [6.45, 7) is 5.10. The van der Waals surface area contributed by atoms with Crippen molar-refractivity contribution >= 4 is 23.8 Å². The number of aromatic amines is 1. The summed E-state index contributed by atoms with van der Waals surface area (Å²) in [5.41, 5.74) is -2.52. The minimum Gasteiger partial charge on any atom is -0.481 e. The fourth-order valence-electron chi connectivity index (χ4n) is 7.47. The van der Waals surface area contributed by atoms with Crippen LogP contribution in [0.5, 0.6) is 0 Å². The van der Waals surface area contributed by atoms with Gasteiger partial charge in [-0.2, -0.15) is 0 Å². The number of fused-ring (bicyclic) bond motifs is 3. The number of carbonyl (C=O) groups is 2. The number of nitrogens with one attached hydrogen (secondary N) is 1. The highest BCUT2D eigenvalue weighted by molar-refractivity contribution is 5.90. The van der Waals surface area contributed by atoms with Crippen LogP contribution in [0.15, 0.2) is 29.9 Å². The second-order valence-electron chi connectivity index (χ2n) is 13.1.